The molecule has 1 amide bonds. The molecule has 0 atom stereocenters. The monoisotopic (exact) mass is 424 g/mol. The van der Waals surface area contributed by atoms with Gasteiger partial charge >= 0.3 is 0 Å². The summed E-state index contributed by atoms with van der Waals surface area (Å²) in [4.78, 5) is 12.5. The van der Waals surface area contributed by atoms with Crippen LogP contribution in [0.5, 0.6) is 23.0 Å². The van der Waals surface area contributed by atoms with E-state index in [4.69, 9.17) is 18.9 Å². The van der Waals surface area contributed by atoms with E-state index in [1.54, 1.807) is 24.3 Å². The summed E-state index contributed by atoms with van der Waals surface area (Å²) < 4.78 is 46.4. The summed E-state index contributed by atoms with van der Waals surface area (Å²) in [6.07, 6.45) is 1.07. The molecule has 0 saturated heterocycles. The van der Waals surface area contributed by atoms with E-state index in [9.17, 15) is 13.2 Å². The lowest BCUT2D eigenvalue weighted by molar-refractivity contribution is -0.115. The second kappa shape index (κ2) is 9.37. The Labute approximate surface area is 170 Å². The van der Waals surface area contributed by atoms with Crippen molar-refractivity contribution in [2.24, 2.45) is 0 Å². The number of amides is 1. The van der Waals surface area contributed by atoms with Crippen molar-refractivity contribution < 1.29 is 32.2 Å². The smallest absolute Gasteiger partial charge is 0.229 e. The molecule has 9 nitrogen and oxygen atoms in total. The number of benzene rings is 2. The van der Waals surface area contributed by atoms with Gasteiger partial charge in [0, 0.05) is 5.69 Å². The van der Waals surface area contributed by atoms with Gasteiger partial charge in [0.15, 0.2) is 11.5 Å². The van der Waals surface area contributed by atoms with Gasteiger partial charge < -0.3 is 24.3 Å². The van der Waals surface area contributed by atoms with Gasteiger partial charge in [0.2, 0.25) is 21.7 Å². The Balaban J connectivity index is 2.22. The first-order chi connectivity index (χ1) is 13.7. The summed E-state index contributed by atoms with van der Waals surface area (Å²) in [6.45, 7) is 0. The number of hydrogen-bond donors (Lipinski definition) is 2. The topological polar surface area (TPSA) is 112 Å². The van der Waals surface area contributed by atoms with Gasteiger partial charge in [0.25, 0.3) is 0 Å². The molecule has 2 aromatic rings. The number of methoxy groups -OCH3 is 4. The third kappa shape index (κ3) is 5.92. The number of sulfonamides is 1. The van der Waals surface area contributed by atoms with Gasteiger partial charge in [-0.05, 0) is 35.9 Å². The molecule has 0 aliphatic carbocycles. The number of nitrogens with one attached hydrogen (secondary N) is 2. The SMILES string of the molecule is COc1ccc(NC(=O)Cc2cc(OC)c(OC)c(OC)c2)cc1NS(C)(=O)=O. The lowest BCUT2D eigenvalue weighted by Gasteiger charge is -2.15. The number of carbonyl (C=O) groups is 1. The predicted octanol–water partition coefficient (Wildman–Crippen LogP) is 2.27. The van der Waals surface area contributed by atoms with E-state index in [1.165, 1.54) is 34.5 Å². The standard InChI is InChI=1S/C19H24N2O7S/c1-25-15-7-6-13(11-14(15)21-29(5,23)24)20-18(22)10-12-8-16(26-2)19(28-4)17(9-12)27-3/h6-9,11,21H,10H2,1-5H3,(H,20,22). The highest BCUT2D eigenvalue weighted by Gasteiger charge is 2.16. The molecule has 0 aliphatic rings. The van der Waals surface area contributed by atoms with Crippen molar-refractivity contribution >= 4 is 27.3 Å². The Kier molecular flexibility index (Phi) is 7.16. The van der Waals surface area contributed by atoms with Gasteiger partial charge in [-0.15, -0.1) is 0 Å². The average molecular weight is 424 g/mol. The summed E-state index contributed by atoms with van der Waals surface area (Å²) >= 11 is 0. The van der Waals surface area contributed by atoms with Crippen molar-refractivity contribution in [1.29, 1.82) is 0 Å². The fourth-order valence-corrected chi connectivity index (χ4v) is 3.25. The molecule has 0 heterocycles. The molecular formula is C19H24N2O7S. The molecule has 0 fully saturated rings. The number of hydrogen-bond acceptors (Lipinski definition) is 7. The van der Waals surface area contributed by atoms with Crippen LogP contribution in [0.15, 0.2) is 30.3 Å². The fraction of sp³-hybridized carbons (Fsp3) is 0.316. The normalized spacial score (nSPS) is 10.8. The number of ether oxygens (including phenoxy) is 4. The Hall–Kier alpha value is -3.14. The van der Waals surface area contributed by atoms with Crippen LogP contribution in [0.4, 0.5) is 11.4 Å². The van der Waals surface area contributed by atoms with Gasteiger partial charge in [-0.2, -0.15) is 0 Å². The lowest BCUT2D eigenvalue weighted by atomic mass is 10.1. The first-order valence-corrected chi connectivity index (χ1v) is 10.3. The molecule has 29 heavy (non-hydrogen) atoms. The van der Waals surface area contributed by atoms with Gasteiger partial charge in [-0.1, -0.05) is 0 Å². The van der Waals surface area contributed by atoms with Crippen LogP contribution in [0.3, 0.4) is 0 Å². The summed E-state index contributed by atoms with van der Waals surface area (Å²) in [5.74, 6) is 1.34. The van der Waals surface area contributed by atoms with Gasteiger partial charge in [0.05, 0.1) is 46.8 Å². The van der Waals surface area contributed by atoms with Crippen LogP contribution in [-0.2, 0) is 21.2 Å². The quantitative estimate of drug-likeness (QED) is 0.635. The molecule has 2 aromatic carbocycles. The van der Waals surface area contributed by atoms with Crippen molar-refractivity contribution in [3.63, 3.8) is 0 Å². The molecular weight excluding hydrogens is 400 g/mol. The van der Waals surface area contributed by atoms with E-state index in [1.807, 2.05) is 0 Å². The van der Waals surface area contributed by atoms with E-state index in [-0.39, 0.29) is 18.0 Å². The first kappa shape index (κ1) is 22.2. The van der Waals surface area contributed by atoms with Gasteiger partial charge in [-0.3, -0.25) is 9.52 Å². The molecule has 2 rings (SSSR count). The number of carbonyl (C=O) groups excluding carboxylic acids is 1. The van der Waals surface area contributed by atoms with E-state index in [0.29, 0.717) is 34.2 Å². The van der Waals surface area contributed by atoms with Gasteiger partial charge in [0.1, 0.15) is 5.75 Å². The molecule has 0 spiro atoms. The second-order valence-corrected chi connectivity index (χ2v) is 7.80. The summed E-state index contributed by atoms with van der Waals surface area (Å²) in [5.41, 5.74) is 1.29. The fourth-order valence-electron chi connectivity index (χ4n) is 2.69. The van der Waals surface area contributed by atoms with Crippen molar-refractivity contribution in [2.45, 2.75) is 6.42 Å². The summed E-state index contributed by atoms with van der Waals surface area (Å²) in [5, 5.41) is 2.73. The number of anilines is 2. The van der Waals surface area contributed by atoms with Crippen LogP contribution in [0.1, 0.15) is 5.56 Å². The van der Waals surface area contributed by atoms with Crippen LogP contribution in [-0.4, -0.2) is 49.0 Å². The first-order valence-electron chi connectivity index (χ1n) is 8.45. The Morgan fingerprint density at radius 1 is 0.897 bits per heavy atom. The largest absolute Gasteiger partial charge is 0.495 e. The van der Waals surface area contributed by atoms with Crippen LogP contribution in [0.2, 0.25) is 0 Å². The zero-order valence-corrected chi connectivity index (χ0v) is 17.7. The molecule has 10 heteroatoms. The molecule has 0 unspecified atom stereocenters. The minimum Gasteiger partial charge on any atom is -0.495 e. The van der Waals surface area contributed by atoms with Crippen molar-refractivity contribution in [3.05, 3.63) is 35.9 Å². The molecule has 2 N–H and O–H groups in total. The Morgan fingerprint density at radius 2 is 1.48 bits per heavy atom. The number of rotatable bonds is 9. The molecule has 0 radical (unpaired) electrons. The Morgan fingerprint density at radius 3 is 1.97 bits per heavy atom. The predicted molar refractivity (Wildman–Crippen MR) is 110 cm³/mol. The minimum atomic E-state index is -3.51. The van der Waals surface area contributed by atoms with Crippen molar-refractivity contribution in [1.82, 2.24) is 0 Å². The molecule has 0 aromatic heterocycles. The van der Waals surface area contributed by atoms with Crippen molar-refractivity contribution in [3.8, 4) is 23.0 Å². The maximum absolute atomic E-state index is 12.5. The van der Waals surface area contributed by atoms with E-state index >= 15 is 0 Å². The highest BCUT2D eigenvalue weighted by atomic mass is 32.2. The van der Waals surface area contributed by atoms with E-state index in [2.05, 4.69) is 10.0 Å². The van der Waals surface area contributed by atoms with Crippen molar-refractivity contribution in [2.75, 3.05) is 44.7 Å². The minimum absolute atomic E-state index is 0.0393. The highest BCUT2D eigenvalue weighted by molar-refractivity contribution is 7.92. The van der Waals surface area contributed by atoms with E-state index < -0.39 is 10.0 Å². The zero-order valence-electron chi connectivity index (χ0n) is 16.9. The summed E-state index contributed by atoms with van der Waals surface area (Å²) in [6, 6.07) is 8.02. The maximum atomic E-state index is 12.5. The lowest BCUT2D eigenvalue weighted by Crippen LogP contribution is -2.15. The molecule has 158 valence electrons. The molecule has 0 bridgehead atoms. The molecule has 0 aliphatic heterocycles. The maximum Gasteiger partial charge on any atom is 0.229 e. The molecule has 0 saturated carbocycles. The highest BCUT2D eigenvalue weighted by Crippen LogP contribution is 2.38. The van der Waals surface area contributed by atoms with Crippen LogP contribution < -0.4 is 29.0 Å². The van der Waals surface area contributed by atoms with E-state index in [0.717, 1.165) is 6.26 Å². The van der Waals surface area contributed by atoms with Crippen LogP contribution >= 0.6 is 0 Å². The Bertz CT molecular complexity index is 965. The average Bonchev–Trinajstić information content (AvgIpc) is 2.66. The second-order valence-electron chi connectivity index (χ2n) is 6.05. The third-order valence-electron chi connectivity index (χ3n) is 3.87. The zero-order chi connectivity index (χ0) is 21.6. The third-order valence-corrected chi connectivity index (χ3v) is 4.46. The van der Waals surface area contributed by atoms with Crippen LogP contribution in [0.25, 0.3) is 0 Å². The van der Waals surface area contributed by atoms with Crippen LogP contribution in [0, 0.1) is 0 Å². The van der Waals surface area contributed by atoms with Gasteiger partial charge in [-0.25, -0.2) is 8.42 Å². The summed E-state index contributed by atoms with van der Waals surface area (Å²) in [7, 11) is 2.40.